The van der Waals surface area contributed by atoms with Crippen LogP contribution in [0.15, 0.2) is 75.3 Å². The lowest BCUT2D eigenvalue weighted by molar-refractivity contribution is -0.111. The fourth-order valence-corrected chi connectivity index (χ4v) is 3.92. The molecular weight excluding hydrogens is 517 g/mol. The van der Waals surface area contributed by atoms with Gasteiger partial charge in [0.2, 0.25) is 0 Å². The maximum atomic E-state index is 15.0. The van der Waals surface area contributed by atoms with E-state index in [1.165, 1.54) is 18.3 Å². The summed E-state index contributed by atoms with van der Waals surface area (Å²) in [5.41, 5.74) is 1.08. The number of anilines is 2. The van der Waals surface area contributed by atoms with Crippen LogP contribution < -0.4 is 20.1 Å². The Labute approximate surface area is 229 Å². The summed E-state index contributed by atoms with van der Waals surface area (Å²) in [6.45, 7) is 6.04. The summed E-state index contributed by atoms with van der Waals surface area (Å²) >= 11 is 0. The molecule has 12 heteroatoms. The van der Waals surface area contributed by atoms with Crippen molar-refractivity contribution in [3.8, 4) is 17.2 Å². The molecule has 2 aliphatic heterocycles. The number of aliphatic imine (C=N–C) groups is 3. The molecule has 0 radical (unpaired) electrons. The van der Waals surface area contributed by atoms with Gasteiger partial charge < -0.3 is 14.8 Å². The van der Waals surface area contributed by atoms with Crippen LogP contribution in [0.25, 0.3) is 5.69 Å². The highest BCUT2D eigenvalue weighted by molar-refractivity contribution is 6.32. The summed E-state index contributed by atoms with van der Waals surface area (Å²) in [5, 5.41) is 9.97. The highest BCUT2D eigenvalue weighted by Gasteiger charge is 2.28. The fourth-order valence-electron chi connectivity index (χ4n) is 3.92. The van der Waals surface area contributed by atoms with Gasteiger partial charge in [-0.3, -0.25) is 15.1 Å². The van der Waals surface area contributed by atoms with Gasteiger partial charge in [0.05, 0.1) is 30.4 Å². The first-order chi connectivity index (χ1) is 19.1. The molecule has 3 heterocycles. The van der Waals surface area contributed by atoms with Crippen LogP contribution in [0, 0.1) is 5.82 Å². The van der Waals surface area contributed by atoms with Crippen molar-refractivity contribution in [2.75, 3.05) is 17.7 Å². The van der Waals surface area contributed by atoms with E-state index >= 15 is 0 Å². The van der Waals surface area contributed by atoms with Crippen molar-refractivity contribution in [1.82, 2.24) is 9.78 Å². The molecule has 11 nitrogen and oxygen atoms in total. The number of urea groups is 1. The molecule has 0 saturated heterocycles. The number of nitrogens with one attached hydrogen (secondary N) is 2. The Morgan fingerprint density at radius 1 is 1.07 bits per heavy atom. The molecular formula is C28H26FN7O4. The van der Waals surface area contributed by atoms with E-state index in [2.05, 4.69) is 30.7 Å². The smallest absolute Gasteiger partial charge is 0.324 e. The lowest BCUT2D eigenvalue weighted by Gasteiger charge is -2.20. The molecule has 0 bridgehead atoms. The number of amidine groups is 1. The first-order valence-electron chi connectivity index (χ1n) is 12.3. The Morgan fingerprint density at radius 2 is 1.90 bits per heavy atom. The monoisotopic (exact) mass is 543 g/mol. The minimum atomic E-state index is -0.717. The normalized spacial score (nSPS) is 16.1. The lowest BCUT2D eigenvalue weighted by atomic mass is 9.92. The van der Waals surface area contributed by atoms with Crippen molar-refractivity contribution in [1.29, 1.82) is 0 Å². The molecule has 3 aromatic rings. The Morgan fingerprint density at radius 3 is 2.65 bits per heavy atom. The van der Waals surface area contributed by atoms with Gasteiger partial charge in [-0.05, 0) is 30.3 Å². The molecule has 5 rings (SSSR count). The molecule has 0 spiro atoms. The number of rotatable bonds is 6. The molecule has 40 heavy (non-hydrogen) atoms. The van der Waals surface area contributed by atoms with E-state index < -0.39 is 23.8 Å². The number of allylic oxidation sites excluding steroid dienone is 1. The molecule has 0 fully saturated rings. The topological polar surface area (TPSA) is 132 Å². The van der Waals surface area contributed by atoms with Gasteiger partial charge in [0, 0.05) is 29.8 Å². The summed E-state index contributed by atoms with van der Waals surface area (Å²) < 4.78 is 27.7. The largest absolute Gasteiger partial charge is 0.497 e. The van der Waals surface area contributed by atoms with Crippen molar-refractivity contribution >= 4 is 41.7 Å². The highest BCUT2D eigenvalue weighted by Crippen LogP contribution is 2.29. The van der Waals surface area contributed by atoms with E-state index in [4.69, 9.17) is 9.47 Å². The number of hydrogen-bond acceptors (Lipinski definition) is 7. The Bertz CT molecular complexity index is 1610. The number of carbonyl (C=O) groups is 2. The first-order valence-corrected chi connectivity index (χ1v) is 12.3. The quantitative estimate of drug-likeness (QED) is 0.466. The second kappa shape index (κ2) is 10.6. The molecule has 2 N–H and O–H groups in total. The van der Waals surface area contributed by atoms with Crippen LogP contribution in [0.4, 0.5) is 20.7 Å². The molecule has 2 aliphatic rings. The van der Waals surface area contributed by atoms with E-state index in [0.717, 1.165) is 18.0 Å². The molecule has 1 unspecified atom stereocenters. The summed E-state index contributed by atoms with van der Waals surface area (Å²) in [7, 11) is 1.57. The molecule has 3 amide bonds. The number of amides is 3. The van der Waals surface area contributed by atoms with Gasteiger partial charge in [-0.2, -0.15) is 10.1 Å². The number of fused-ring (bicyclic) bond motifs is 1. The predicted octanol–water partition coefficient (Wildman–Crippen LogP) is 4.69. The Kier molecular flexibility index (Phi) is 6.99. The van der Waals surface area contributed by atoms with E-state index in [-0.39, 0.29) is 22.7 Å². The molecule has 0 saturated carbocycles. The second-order valence-electron chi connectivity index (χ2n) is 9.94. The average molecular weight is 544 g/mol. The van der Waals surface area contributed by atoms with Gasteiger partial charge in [-0.15, -0.1) is 0 Å². The van der Waals surface area contributed by atoms with E-state index in [9.17, 15) is 14.0 Å². The van der Waals surface area contributed by atoms with Crippen LogP contribution in [0.5, 0.6) is 11.5 Å². The van der Waals surface area contributed by atoms with Gasteiger partial charge in [-0.25, -0.2) is 18.9 Å². The number of dihydropyridines is 1. The summed E-state index contributed by atoms with van der Waals surface area (Å²) in [5.74, 6) is 0.497. The maximum absolute atomic E-state index is 15.0. The molecule has 1 atom stereocenters. The highest BCUT2D eigenvalue weighted by atomic mass is 19.1. The minimum Gasteiger partial charge on any atom is -0.497 e. The number of aromatic nitrogens is 2. The maximum Gasteiger partial charge on any atom is 0.324 e. The van der Waals surface area contributed by atoms with Crippen LogP contribution in [0.1, 0.15) is 26.5 Å². The number of methoxy groups -OCH3 is 1. The van der Waals surface area contributed by atoms with Crippen molar-refractivity contribution in [2.24, 2.45) is 15.0 Å². The number of hydrogen-bond donors (Lipinski definition) is 2. The van der Waals surface area contributed by atoms with Crippen LogP contribution in [-0.4, -0.2) is 53.1 Å². The summed E-state index contributed by atoms with van der Waals surface area (Å²) in [4.78, 5) is 36.3. The third-order valence-electron chi connectivity index (χ3n) is 5.96. The SMILES string of the molecule is COc1cccc(-n2nc(C(C)(C)C)cc2NC(=O)Nc2ccc(OC3=CC=NC4=NC(=O)C=NC34)cc2F)c1. The zero-order valence-corrected chi connectivity index (χ0v) is 22.2. The average Bonchev–Trinajstić information content (AvgIpc) is 3.34. The van der Waals surface area contributed by atoms with Gasteiger partial charge in [0.1, 0.15) is 28.9 Å². The summed E-state index contributed by atoms with van der Waals surface area (Å²) in [6, 6.07) is 11.7. The van der Waals surface area contributed by atoms with Crippen molar-refractivity contribution in [3.63, 3.8) is 0 Å². The van der Waals surface area contributed by atoms with Crippen LogP contribution >= 0.6 is 0 Å². The first kappa shape index (κ1) is 26.5. The second-order valence-corrected chi connectivity index (χ2v) is 9.94. The van der Waals surface area contributed by atoms with Crippen molar-refractivity contribution in [2.45, 2.75) is 32.2 Å². The number of nitrogens with zero attached hydrogens (tertiary/aromatic N) is 5. The van der Waals surface area contributed by atoms with Crippen LogP contribution in [-0.2, 0) is 10.2 Å². The fraction of sp³-hybridized carbons (Fsp3) is 0.214. The predicted molar refractivity (Wildman–Crippen MR) is 150 cm³/mol. The van der Waals surface area contributed by atoms with Crippen molar-refractivity contribution < 1.29 is 23.5 Å². The van der Waals surface area contributed by atoms with Gasteiger partial charge in [0.25, 0.3) is 5.91 Å². The number of benzene rings is 2. The Balaban J connectivity index is 1.32. The number of ether oxygens (including phenoxy) is 2. The van der Waals surface area contributed by atoms with Crippen LogP contribution in [0.3, 0.4) is 0 Å². The Hall–Kier alpha value is -5.13. The van der Waals surface area contributed by atoms with E-state index in [1.807, 2.05) is 39.0 Å². The molecule has 2 aromatic carbocycles. The third kappa shape index (κ3) is 5.65. The van der Waals surface area contributed by atoms with Crippen molar-refractivity contribution in [3.05, 3.63) is 71.9 Å². The minimum absolute atomic E-state index is 0.0592. The standard InChI is InChI=1S/C28H26FN7O4/c1-28(2,3)22-14-23(36(35-22)16-6-5-7-17(12-16)39-4)33-27(38)32-20-9-8-18(13-19(20)29)40-21-10-11-30-26-25(21)31-15-24(37)34-26/h5-15,25H,1-4H3,(H2,32,33,38). The third-order valence-corrected chi connectivity index (χ3v) is 5.96. The summed E-state index contributed by atoms with van der Waals surface area (Å²) in [6.07, 6.45) is 4.07. The van der Waals surface area contributed by atoms with Gasteiger partial charge in [-0.1, -0.05) is 26.8 Å². The van der Waals surface area contributed by atoms with E-state index in [1.54, 1.807) is 30.0 Å². The lowest BCUT2D eigenvalue weighted by Crippen LogP contribution is -2.30. The molecule has 1 aromatic heterocycles. The molecule has 0 aliphatic carbocycles. The van der Waals surface area contributed by atoms with Crippen LogP contribution in [0.2, 0.25) is 0 Å². The number of halogens is 1. The zero-order chi connectivity index (χ0) is 28.4. The van der Waals surface area contributed by atoms with E-state index in [0.29, 0.717) is 23.0 Å². The van der Waals surface area contributed by atoms with Gasteiger partial charge in [0.15, 0.2) is 11.9 Å². The zero-order valence-electron chi connectivity index (χ0n) is 22.2. The van der Waals surface area contributed by atoms with Gasteiger partial charge >= 0.3 is 6.03 Å². The number of carbonyl (C=O) groups excluding carboxylic acids is 2. The molecule has 204 valence electrons.